The van der Waals surface area contributed by atoms with Crippen molar-refractivity contribution in [3.8, 4) is 5.69 Å². The SMILES string of the molecule is Fc1cccc(Sc2nnnn2-c2ccccc2)n1. The first-order valence-corrected chi connectivity index (χ1v) is 6.29. The predicted molar refractivity (Wildman–Crippen MR) is 67.5 cm³/mol. The highest BCUT2D eigenvalue weighted by atomic mass is 32.2. The van der Waals surface area contributed by atoms with Gasteiger partial charge < -0.3 is 0 Å². The van der Waals surface area contributed by atoms with Gasteiger partial charge in [0.2, 0.25) is 11.1 Å². The molecule has 0 fully saturated rings. The minimum Gasteiger partial charge on any atom is -0.213 e. The molecule has 2 aromatic heterocycles. The van der Waals surface area contributed by atoms with Crippen LogP contribution in [0.4, 0.5) is 4.39 Å². The van der Waals surface area contributed by atoms with Gasteiger partial charge in [-0.05, 0) is 46.5 Å². The van der Waals surface area contributed by atoms with E-state index in [2.05, 4.69) is 20.5 Å². The van der Waals surface area contributed by atoms with Crippen LogP contribution in [0.25, 0.3) is 5.69 Å². The lowest BCUT2D eigenvalue weighted by Gasteiger charge is -2.03. The lowest BCUT2D eigenvalue weighted by Crippen LogP contribution is -1.98. The molecule has 0 unspecified atom stereocenters. The topological polar surface area (TPSA) is 56.5 Å². The van der Waals surface area contributed by atoms with Crippen LogP contribution >= 0.6 is 11.8 Å². The zero-order valence-corrected chi connectivity index (χ0v) is 10.5. The maximum absolute atomic E-state index is 13.0. The number of para-hydroxylation sites is 1. The molecule has 94 valence electrons. The average molecular weight is 273 g/mol. The van der Waals surface area contributed by atoms with Crippen molar-refractivity contribution in [1.29, 1.82) is 0 Å². The monoisotopic (exact) mass is 273 g/mol. The van der Waals surface area contributed by atoms with Crippen LogP contribution < -0.4 is 0 Å². The number of benzene rings is 1. The Balaban J connectivity index is 1.93. The van der Waals surface area contributed by atoms with Crippen molar-refractivity contribution >= 4 is 11.8 Å². The Hall–Kier alpha value is -2.28. The Morgan fingerprint density at radius 2 is 1.84 bits per heavy atom. The molecule has 0 atom stereocenters. The summed E-state index contributed by atoms with van der Waals surface area (Å²) in [6.45, 7) is 0. The van der Waals surface area contributed by atoms with E-state index in [4.69, 9.17) is 0 Å². The molecule has 0 aliphatic heterocycles. The first kappa shape index (κ1) is 11.8. The highest BCUT2D eigenvalue weighted by Crippen LogP contribution is 2.25. The third-order valence-electron chi connectivity index (χ3n) is 2.33. The number of rotatable bonds is 3. The molecule has 0 aliphatic rings. The van der Waals surface area contributed by atoms with Crippen LogP contribution in [0.2, 0.25) is 0 Å². The van der Waals surface area contributed by atoms with Crippen LogP contribution in [0.15, 0.2) is 58.7 Å². The van der Waals surface area contributed by atoms with Gasteiger partial charge in [0.1, 0.15) is 5.03 Å². The summed E-state index contributed by atoms with van der Waals surface area (Å²) >= 11 is 1.21. The fourth-order valence-electron chi connectivity index (χ4n) is 1.51. The Morgan fingerprint density at radius 1 is 1.00 bits per heavy atom. The van der Waals surface area contributed by atoms with Crippen molar-refractivity contribution in [2.45, 2.75) is 10.2 Å². The summed E-state index contributed by atoms with van der Waals surface area (Å²) in [5.41, 5.74) is 0.839. The van der Waals surface area contributed by atoms with Crippen LogP contribution in [0.5, 0.6) is 0 Å². The van der Waals surface area contributed by atoms with Crippen LogP contribution in [0, 0.1) is 5.95 Å². The van der Waals surface area contributed by atoms with Gasteiger partial charge >= 0.3 is 0 Å². The fraction of sp³-hybridized carbons (Fsp3) is 0. The summed E-state index contributed by atoms with van der Waals surface area (Å²) < 4.78 is 14.6. The molecule has 5 nitrogen and oxygen atoms in total. The minimum absolute atomic E-state index is 0.506. The number of pyridine rings is 1. The van der Waals surface area contributed by atoms with Gasteiger partial charge in [0.15, 0.2) is 0 Å². The quantitative estimate of drug-likeness (QED) is 0.686. The van der Waals surface area contributed by atoms with Crippen molar-refractivity contribution in [3.63, 3.8) is 0 Å². The molecule has 19 heavy (non-hydrogen) atoms. The standard InChI is InChI=1S/C12H8FN5S/c13-10-7-4-8-11(14-10)19-12-15-16-17-18(12)9-5-2-1-3-6-9/h1-8H. The number of aromatic nitrogens is 5. The second-order valence-corrected chi connectivity index (χ2v) is 4.60. The lowest BCUT2D eigenvalue weighted by atomic mass is 10.3. The van der Waals surface area contributed by atoms with Crippen molar-refractivity contribution in [3.05, 3.63) is 54.5 Å². The largest absolute Gasteiger partial charge is 0.220 e. The third-order valence-corrected chi connectivity index (χ3v) is 3.20. The molecule has 0 radical (unpaired) electrons. The van der Waals surface area contributed by atoms with Gasteiger partial charge in [-0.2, -0.15) is 9.07 Å². The Morgan fingerprint density at radius 3 is 2.63 bits per heavy atom. The van der Waals surface area contributed by atoms with Crippen LogP contribution in [0.3, 0.4) is 0 Å². The molecule has 0 aliphatic carbocycles. The molecule has 0 N–H and O–H groups in total. The molecular formula is C12H8FN5S. The predicted octanol–water partition coefficient (Wildman–Crippen LogP) is 2.35. The molecule has 0 bridgehead atoms. The van der Waals surface area contributed by atoms with Gasteiger partial charge in [-0.15, -0.1) is 5.10 Å². The number of tetrazole rings is 1. The average Bonchev–Trinajstić information content (AvgIpc) is 2.88. The molecule has 2 heterocycles. The highest BCUT2D eigenvalue weighted by Gasteiger charge is 2.10. The number of halogens is 1. The van der Waals surface area contributed by atoms with Gasteiger partial charge in [-0.1, -0.05) is 24.3 Å². The van der Waals surface area contributed by atoms with Crippen molar-refractivity contribution in [2.24, 2.45) is 0 Å². The van der Waals surface area contributed by atoms with Gasteiger partial charge in [0, 0.05) is 0 Å². The third kappa shape index (κ3) is 2.60. The summed E-state index contributed by atoms with van der Waals surface area (Å²) in [6.07, 6.45) is 0. The molecule has 1 aromatic carbocycles. The molecule has 3 aromatic rings. The van der Waals surface area contributed by atoms with E-state index in [0.717, 1.165) is 5.69 Å². The molecule has 0 spiro atoms. The smallest absolute Gasteiger partial charge is 0.213 e. The first-order chi connectivity index (χ1) is 9.33. The van der Waals surface area contributed by atoms with Crippen molar-refractivity contribution in [1.82, 2.24) is 25.2 Å². The van der Waals surface area contributed by atoms with E-state index in [1.165, 1.54) is 17.8 Å². The van der Waals surface area contributed by atoms with Crippen LogP contribution in [0.1, 0.15) is 0 Å². The fourth-order valence-corrected chi connectivity index (χ4v) is 2.29. The Labute approximate surface area is 112 Å². The van der Waals surface area contributed by atoms with E-state index < -0.39 is 5.95 Å². The van der Waals surface area contributed by atoms with Gasteiger partial charge in [0.25, 0.3) is 0 Å². The van der Waals surface area contributed by atoms with Gasteiger partial charge in [-0.3, -0.25) is 0 Å². The van der Waals surface area contributed by atoms with E-state index in [1.54, 1.807) is 16.8 Å². The molecular weight excluding hydrogens is 265 g/mol. The molecule has 7 heteroatoms. The summed E-state index contributed by atoms with van der Waals surface area (Å²) in [5, 5.41) is 12.5. The number of nitrogens with zero attached hydrogens (tertiary/aromatic N) is 5. The van der Waals surface area contributed by atoms with E-state index in [9.17, 15) is 4.39 Å². The number of hydrogen-bond acceptors (Lipinski definition) is 5. The van der Waals surface area contributed by atoms with Crippen LogP contribution in [-0.4, -0.2) is 25.2 Å². The van der Waals surface area contributed by atoms with E-state index in [0.29, 0.717) is 10.2 Å². The second-order valence-electron chi connectivity index (χ2n) is 3.61. The highest BCUT2D eigenvalue weighted by molar-refractivity contribution is 7.99. The van der Waals surface area contributed by atoms with Gasteiger partial charge in [-0.25, -0.2) is 4.98 Å². The molecule has 3 rings (SSSR count). The second kappa shape index (κ2) is 5.15. The summed E-state index contributed by atoms with van der Waals surface area (Å²) in [6, 6.07) is 14.1. The molecule has 0 saturated carbocycles. The summed E-state index contributed by atoms with van der Waals surface area (Å²) in [4.78, 5) is 3.77. The zero-order chi connectivity index (χ0) is 13.1. The summed E-state index contributed by atoms with van der Waals surface area (Å²) in [7, 11) is 0. The minimum atomic E-state index is -0.524. The van der Waals surface area contributed by atoms with E-state index in [-0.39, 0.29) is 0 Å². The Bertz CT molecular complexity index is 685. The normalized spacial score (nSPS) is 10.6. The lowest BCUT2D eigenvalue weighted by molar-refractivity contribution is 0.572. The zero-order valence-electron chi connectivity index (χ0n) is 9.64. The maximum Gasteiger partial charge on any atom is 0.220 e. The van der Waals surface area contributed by atoms with Crippen molar-refractivity contribution in [2.75, 3.05) is 0 Å². The van der Waals surface area contributed by atoms with E-state index in [1.807, 2.05) is 30.3 Å². The molecule has 0 saturated heterocycles. The van der Waals surface area contributed by atoms with Crippen molar-refractivity contribution < 1.29 is 4.39 Å². The maximum atomic E-state index is 13.0. The summed E-state index contributed by atoms with van der Waals surface area (Å²) in [5.74, 6) is -0.524. The van der Waals surface area contributed by atoms with Crippen LogP contribution in [-0.2, 0) is 0 Å². The Kier molecular flexibility index (Phi) is 3.20. The first-order valence-electron chi connectivity index (χ1n) is 5.47. The van der Waals surface area contributed by atoms with Gasteiger partial charge in [0.05, 0.1) is 5.69 Å². The molecule has 0 amide bonds. The number of hydrogen-bond donors (Lipinski definition) is 0. The van der Waals surface area contributed by atoms with E-state index >= 15 is 0 Å².